The van der Waals surface area contributed by atoms with Crippen LogP contribution in [0.1, 0.15) is 31.9 Å². The molecular formula is C43H40F2IrN2SSi-2. The molecule has 0 fully saturated rings. The summed E-state index contributed by atoms with van der Waals surface area (Å²) in [6.45, 7) is 15.9. The summed E-state index contributed by atoms with van der Waals surface area (Å²) in [5.74, 6) is -1.15. The van der Waals surface area contributed by atoms with Crippen LogP contribution in [0.3, 0.4) is 0 Å². The van der Waals surface area contributed by atoms with Crippen molar-refractivity contribution in [1.82, 2.24) is 9.97 Å². The third-order valence-corrected chi connectivity index (χ3v) is 11.7. The van der Waals surface area contributed by atoms with Gasteiger partial charge in [0.2, 0.25) is 0 Å². The van der Waals surface area contributed by atoms with Crippen molar-refractivity contribution in [2.75, 3.05) is 0 Å². The normalized spacial score (nSPS) is 11.6. The zero-order valence-electron chi connectivity index (χ0n) is 29.4. The number of rotatable bonds is 5. The molecule has 0 atom stereocenters. The van der Waals surface area contributed by atoms with Gasteiger partial charge in [0.05, 0.1) is 8.07 Å². The molecule has 0 saturated carbocycles. The number of aromatic nitrogens is 2. The van der Waals surface area contributed by atoms with E-state index in [-0.39, 0.29) is 25.5 Å². The first-order valence-corrected chi connectivity index (χ1v) is 20.8. The van der Waals surface area contributed by atoms with Gasteiger partial charge < -0.3 is 9.97 Å². The monoisotopic (exact) mass is 875 g/mol. The third-order valence-electron chi connectivity index (χ3n) is 8.34. The summed E-state index contributed by atoms with van der Waals surface area (Å²) in [4.78, 5) is 9.16. The molecule has 0 N–H and O–H groups in total. The Morgan fingerprint density at radius 1 is 0.780 bits per heavy atom. The van der Waals surface area contributed by atoms with Gasteiger partial charge in [0.25, 0.3) is 0 Å². The molecule has 3 heterocycles. The Balaban J connectivity index is 0.000000229. The van der Waals surface area contributed by atoms with E-state index in [1.807, 2.05) is 42.6 Å². The number of aryl methyl sites for hydroxylation is 1. The van der Waals surface area contributed by atoms with Crippen molar-refractivity contribution in [1.29, 1.82) is 0 Å². The maximum atomic E-state index is 13.8. The number of benzene rings is 4. The summed E-state index contributed by atoms with van der Waals surface area (Å²) in [6.07, 6.45) is 4.88. The second kappa shape index (κ2) is 15.2. The maximum absolute atomic E-state index is 13.8. The van der Waals surface area contributed by atoms with Gasteiger partial charge in [-0.05, 0) is 74.7 Å². The molecule has 0 aliphatic heterocycles. The number of pyridine rings is 2. The number of hydrogen-bond acceptors (Lipinski definition) is 3. The maximum Gasteiger partial charge on any atom is 0.126 e. The Labute approximate surface area is 313 Å². The summed E-state index contributed by atoms with van der Waals surface area (Å²) in [7, 11) is -1.27. The molecule has 3 aromatic heterocycles. The van der Waals surface area contributed by atoms with Crippen LogP contribution in [-0.4, -0.2) is 18.0 Å². The predicted molar refractivity (Wildman–Crippen MR) is 206 cm³/mol. The van der Waals surface area contributed by atoms with Gasteiger partial charge in [0, 0.05) is 43.3 Å². The van der Waals surface area contributed by atoms with Crippen LogP contribution in [0, 0.1) is 36.1 Å². The molecule has 0 aliphatic rings. The van der Waals surface area contributed by atoms with E-state index in [9.17, 15) is 8.78 Å². The van der Waals surface area contributed by atoms with Gasteiger partial charge in [-0.25, -0.2) is 8.78 Å². The van der Waals surface area contributed by atoms with E-state index in [0.29, 0.717) is 5.56 Å². The van der Waals surface area contributed by atoms with E-state index < -0.39 is 19.7 Å². The first-order valence-electron chi connectivity index (χ1n) is 16.5. The van der Waals surface area contributed by atoms with Crippen LogP contribution in [0.5, 0.6) is 0 Å². The third kappa shape index (κ3) is 8.70. The molecule has 0 saturated heterocycles. The standard InChI is InChI=1S/C28H22F2NS.C15H18NSi.Ir/c1-28(2,3)16-17-9-10-31-25(11-17)18-7-8-26-24(14-18)23-6-4-5-22(27(23)32-26)19-12-20(29)15-21(30)13-19;1-12-10-14(13-8-6-5-7-9-13)16-11-15(12)17(2,3)4;/h4-6,8-15H,16H2,1-3H3;5-8,10-11H,1-4H3;/q2*-1;. The molecular weight excluding hydrogens is 835 g/mol. The van der Waals surface area contributed by atoms with Gasteiger partial charge >= 0.3 is 0 Å². The minimum atomic E-state index is -1.27. The fraction of sp³-hybridized carbons (Fsp3) is 0.209. The smallest absolute Gasteiger partial charge is 0.126 e. The summed E-state index contributed by atoms with van der Waals surface area (Å²) in [5.41, 5.74) is 8.10. The number of hydrogen-bond donors (Lipinski definition) is 0. The van der Waals surface area contributed by atoms with Crippen molar-refractivity contribution in [2.45, 2.75) is 53.8 Å². The van der Waals surface area contributed by atoms with Gasteiger partial charge in [0.15, 0.2) is 0 Å². The molecule has 7 heteroatoms. The van der Waals surface area contributed by atoms with Crippen LogP contribution in [0.25, 0.3) is 53.8 Å². The van der Waals surface area contributed by atoms with E-state index in [1.165, 1.54) is 28.4 Å². The molecule has 7 rings (SSSR count). The molecule has 2 nitrogen and oxygen atoms in total. The Hall–Kier alpha value is -3.87. The average Bonchev–Trinajstić information content (AvgIpc) is 3.42. The Morgan fingerprint density at radius 3 is 2.18 bits per heavy atom. The summed E-state index contributed by atoms with van der Waals surface area (Å²) < 4.78 is 29.8. The number of thiophene rings is 1. The van der Waals surface area contributed by atoms with Gasteiger partial charge in [-0.3, -0.25) is 0 Å². The van der Waals surface area contributed by atoms with Crippen molar-refractivity contribution in [3.63, 3.8) is 0 Å². The van der Waals surface area contributed by atoms with E-state index in [0.717, 1.165) is 60.7 Å². The quantitative estimate of drug-likeness (QED) is 0.127. The molecule has 0 unspecified atom stereocenters. The minimum Gasteiger partial charge on any atom is -0.305 e. The molecule has 0 amide bonds. The van der Waals surface area contributed by atoms with Gasteiger partial charge in [-0.15, -0.1) is 59.7 Å². The van der Waals surface area contributed by atoms with Crippen LogP contribution in [0.15, 0.2) is 103 Å². The van der Waals surface area contributed by atoms with Crippen LogP contribution >= 0.6 is 11.3 Å². The fourth-order valence-electron chi connectivity index (χ4n) is 6.21. The molecule has 4 aromatic carbocycles. The molecule has 0 spiro atoms. The summed E-state index contributed by atoms with van der Waals surface area (Å²) in [5, 5.41) is 3.60. The van der Waals surface area contributed by atoms with Crippen molar-refractivity contribution in [3.8, 4) is 33.6 Å². The van der Waals surface area contributed by atoms with Gasteiger partial charge in [0.1, 0.15) is 11.6 Å². The minimum absolute atomic E-state index is 0. The predicted octanol–water partition coefficient (Wildman–Crippen LogP) is 11.9. The largest absolute Gasteiger partial charge is 0.305 e. The first-order chi connectivity index (χ1) is 23.2. The van der Waals surface area contributed by atoms with Gasteiger partial charge in [-0.2, -0.15) is 11.3 Å². The number of nitrogens with zero attached hydrogens (tertiary/aromatic N) is 2. The second-order valence-electron chi connectivity index (χ2n) is 14.8. The average molecular weight is 875 g/mol. The van der Waals surface area contributed by atoms with E-state index in [2.05, 4.69) is 112 Å². The molecule has 7 aromatic rings. The Morgan fingerprint density at radius 2 is 1.52 bits per heavy atom. The molecule has 1 radical (unpaired) electrons. The molecule has 0 bridgehead atoms. The molecule has 50 heavy (non-hydrogen) atoms. The SMILES string of the molecule is CC(C)(C)Cc1ccnc(-c2[c-]cc3sc4c(-c5cc(F)cc(F)c5)cccc4c3c2)c1.Cc1cc(-c2[c-]cccc2)ncc1[Si](C)(C)C.[Ir]. The Kier molecular flexibility index (Phi) is 11.3. The zero-order valence-corrected chi connectivity index (χ0v) is 33.6. The van der Waals surface area contributed by atoms with Crippen molar-refractivity contribution < 1.29 is 28.9 Å². The van der Waals surface area contributed by atoms with Crippen LogP contribution < -0.4 is 5.19 Å². The zero-order chi connectivity index (χ0) is 34.9. The van der Waals surface area contributed by atoms with Crippen LogP contribution in [0.4, 0.5) is 8.78 Å². The fourth-order valence-corrected chi connectivity index (χ4v) is 9.12. The van der Waals surface area contributed by atoms with E-state index in [4.69, 9.17) is 0 Å². The van der Waals surface area contributed by atoms with Crippen molar-refractivity contribution in [2.24, 2.45) is 5.41 Å². The summed E-state index contributed by atoms with van der Waals surface area (Å²) in [6, 6.07) is 34.6. The molecule has 257 valence electrons. The first kappa shape index (κ1) is 37.4. The molecule has 0 aliphatic carbocycles. The van der Waals surface area contributed by atoms with E-state index >= 15 is 0 Å². The number of fused-ring (bicyclic) bond motifs is 3. The summed E-state index contributed by atoms with van der Waals surface area (Å²) >= 11 is 1.61. The van der Waals surface area contributed by atoms with Gasteiger partial charge in [-0.1, -0.05) is 87.3 Å². The topological polar surface area (TPSA) is 25.8 Å². The van der Waals surface area contributed by atoms with E-state index in [1.54, 1.807) is 11.3 Å². The van der Waals surface area contributed by atoms with Crippen LogP contribution in [0.2, 0.25) is 19.6 Å². The Bertz CT molecular complexity index is 2250. The second-order valence-corrected chi connectivity index (χ2v) is 20.9. The number of halogens is 2. The van der Waals surface area contributed by atoms with Crippen LogP contribution in [-0.2, 0) is 26.5 Å². The van der Waals surface area contributed by atoms with Crippen molar-refractivity contribution >= 4 is 44.8 Å². The van der Waals surface area contributed by atoms with Crippen molar-refractivity contribution in [3.05, 3.63) is 138 Å².